The van der Waals surface area contributed by atoms with Gasteiger partial charge in [-0.15, -0.1) is 0 Å². The van der Waals surface area contributed by atoms with Gasteiger partial charge in [0.25, 0.3) is 5.91 Å². The molecule has 3 rings (SSSR count). The Morgan fingerprint density at radius 2 is 1.72 bits per heavy atom. The molecule has 4 heteroatoms. The molecular formula is C21H29N3O. The van der Waals surface area contributed by atoms with Gasteiger partial charge in [0.15, 0.2) is 0 Å². The van der Waals surface area contributed by atoms with Crippen molar-refractivity contribution in [2.75, 3.05) is 46.3 Å². The van der Waals surface area contributed by atoms with Gasteiger partial charge in [0, 0.05) is 38.3 Å². The molecule has 1 heterocycles. The third-order valence-corrected chi connectivity index (χ3v) is 5.07. The van der Waals surface area contributed by atoms with Crippen molar-refractivity contribution < 1.29 is 4.79 Å². The van der Waals surface area contributed by atoms with Crippen molar-refractivity contribution in [1.29, 1.82) is 0 Å². The zero-order valence-corrected chi connectivity index (χ0v) is 15.2. The van der Waals surface area contributed by atoms with E-state index >= 15 is 0 Å². The summed E-state index contributed by atoms with van der Waals surface area (Å²) in [6.45, 7) is 6.68. The predicted octanol–water partition coefficient (Wildman–Crippen LogP) is 2.99. The lowest BCUT2D eigenvalue weighted by atomic mass is 10.0. The van der Waals surface area contributed by atoms with E-state index in [2.05, 4.69) is 22.2 Å². The number of fused-ring (bicyclic) bond motifs is 1. The first-order valence-corrected chi connectivity index (χ1v) is 9.41. The van der Waals surface area contributed by atoms with E-state index in [4.69, 9.17) is 0 Å². The Kier molecular flexibility index (Phi) is 6.42. The third kappa shape index (κ3) is 5.03. The summed E-state index contributed by atoms with van der Waals surface area (Å²) in [7, 11) is 2.19. The maximum Gasteiger partial charge on any atom is 0.251 e. The molecule has 2 aromatic rings. The second-order valence-electron chi connectivity index (χ2n) is 6.99. The van der Waals surface area contributed by atoms with Gasteiger partial charge in [0.2, 0.25) is 0 Å². The molecule has 1 aliphatic rings. The lowest BCUT2D eigenvalue weighted by Crippen LogP contribution is -2.44. The summed E-state index contributed by atoms with van der Waals surface area (Å²) < 4.78 is 0. The number of carbonyl (C=O) groups excluding carboxylic acids is 1. The number of unbranched alkanes of at least 4 members (excludes halogenated alkanes) is 2. The van der Waals surface area contributed by atoms with Gasteiger partial charge in [-0.2, -0.15) is 0 Å². The Bertz CT molecular complexity index is 687. The maximum atomic E-state index is 12.4. The van der Waals surface area contributed by atoms with Crippen molar-refractivity contribution in [3.8, 4) is 0 Å². The lowest BCUT2D eigenvalue weighted by Gasteiger charge is -2.32. The fourth-order valence-electron chi connectivity index (χ4n) is 3.43. The van der Waals surface area contributed by atoms with Gasteiger partial charge in [0.05, 0.1) is 0 Å². The van der Waals surface area contributed by atoms with Crippen LogP contribution >= 0.6 is 0 Å². The number of nitrogens with one attached hydrogen (secondary N) is 1. The molecule has 1 saturated heterocycles. The topological polar surface area (TPSA) is 35.6 Å². The zero-order valence-electron chi connectivity index (χ0n) is 15.2. The minimum atomic E-state index is 0.0378. The first-order valence-electron chi connectivity index (χ1n) is 9.41. The molecule has 2 aromatic carbocycles. The summed E-state index contributed by atoms with van der Waals surface area (Å²) in [5.41, 5.74) is 0.774. The summed E-state index contributed by atoms with van der Waals surface area (Å²) in [6, 6.07) is 14.0. The number of hydrogen-bond acceptors (Lipinski definition) is 3. The quantitative estimate of drug-likeness (QED) is 0.788. The summed E-state index contributed by atoms with van der Waals surface area (Å²) in [5, 5.41) is 5.21. The Morgan fingerprint density at radius 1 is 0.960 bits per heavy atom. The second-order valence-corrected chi connectivity index (χ2v) is 6.99. The molecule has 0 aromatic heterocycles. The van der Waals surface area contributed by atoms with Crippen LogP contribution in [0, 0.1) is 0 Å². The largest absolute Gasteiger partial charge is 0.352 e. The third-order valence-electron chi connectivity index (χ3n) is 5.07. The summed E-state index contributed by atoms with van der Waals surface area (Å²) in [6.07, 6.45) is 3.43. The Labute approximate surface area is 150 Å². The summed E-state index contributed by atoms with van der Waals surface area (Å²) in [4.78, 5) is 17.4. The van der Waals surface area contributed by atoms with Crippen LogP contribution in [-0.4, -0.2) is 62.0 Å². The van der Waals surface area contributed by atoms with Crippen molar-refractivity contribution in [3.05, 3.63) is 48.0 Å². The van der Waals surface area contributed by atoms with Crippen molar-refractivity contribution >= 4 is 16.7 Å². The SMILES string of the molecule is CN1CCN(CCCCCNC(=O)c2cccc3ccccc23)CC1. The standard InChI is InChI=1S/C21H29N3O/c1-23-14-16-24(17-15-23)13-6-2-5-12-22-21(25)20-11-7-9-18-8-3-4-10-19(18)20/h3-4,7-11H,2,5-6,12-17H2,1H3,(H,22,25). The number of likely N-dealkylation sites (N-methyl/N-ethyl adjacent to an activating group) is 1. The van der Waals surface area contributed by atoms with Gasteiger partial charge < -0.3 is 15.1 Å². The Morgan fingerprint density at radius 3 is 2.56 bits per heavy atom. The highest BCUT2D eigenvalue weighted by Crippen LogP contribution is 2.18. The number of amides is 1. The molecule has 0 radical (unpaired) electrons. The van der Waals surface area contributed by atoms with Crippen LogP contribution in [0.5, 0.6) is 0 Å². The highest BCUT2D eigenvalue weighted by Gasteiger charge is 2.13. The van der Waals surface area contributed by atoms with Gasteiger partial charge in [-0.1, -0.05) is 42.8 Å². The summed E-state index contributed by atoms with van der Waals surface area (Å²) >= 11 is 0. The van der Waals surface area contributed by atoms with Crippen molar-refractivity contribution in [2.24, 2.45) is 0 Å². The fourth-order valence-corrected chi connectivity index (χ4v) is 3.43. The highest BCUT2D eigenvalue weighted by atomic mass is 16.1. The van der Waals surface area contributed by atoms with E-state index in [1.807, 2.05) is 42.5 Å². The van der Waals surface area contributed by atoms with Crippen LogP contribution in [0.25, 0.3) is 10.8 Å². The normalized spacial score (nSPS) is 16.2. The van der Waals surface area contributed by atoms with Crippen LogP contribution in [0.2, 0.25) is 0 Å². The highest BCUT2D eigenvalue weighted by molar-refractivity contribution is 6.06. The predicted molar refractivity (Wildman–Crippen MR) is 104 cm³/mol. The number of carbonyl (C=O) groups is 1. The van der Waals surface area contributed by atoms with Crippen LogP contribution in [0.15, 0.2) is 42.5 Å². The van der Waals surface area contributed by atoms with E-state index in [1.165, 1.54) is 45.6 Å². The molecule has 134 valence electrons. The molecule has 1 fully saturated rings. The van der Waals surface area contributed by atoms with Gasteiger partial charge in [-0.3, -0.25) is 4.79 Å². The van der Waals surface area contributed by atoms with E-state index in [-0.39, 0.29) is 5.91 Å². The Balaban J connectivity index is 1.37. The first-order chi connectivity index (χ1) is 12.2. The van der Waals surface area contributed by atoms with Gasteiger partial charge in [-0.05, 0) is 43.3 Å². The molecule has 4 nitrogen and oxygen atoms in total. The molecule has 1 aliphatic heterocycles. The monoisotopic (exact) mass is 339 g/mol. The van der Waals surface area contributed by atoms with E-state index < -0.39 is 0 Å². The van der Waals surface area contributed by atoms with Crippen LogP contribution in [-0.2, 0) is 0 Å². The second kappa shape index (κ2) is 8.97. The molecule has 0 bridgehead atoms. The lowest BCUT2D eigenvalue weighted by molar-refractivity contribution is 0.0954. The minimum Gasteiger partial charge on any atom is -0.352 e. The van der Waals surface area contributed by atoms with Gasteiger partial charge >= 0.3 is 0 Å². The van der Waals surface area contributed by atoms with E-state index in [1.54, 1.807) is 0 Å². The molecule has 0 aliphatic carbocycles. The van der Waals surface area contributed by atoms with Gasteiger partial charge in [0.1, 0.15) is 0 Å². The molecule has 1 N–H and O–H groups in total. The van der Waals surface area contributed by atoms with Crippen LogP contribution in [0.4, 0.5) is 0 Å². The fraction of sp³-hybridized carbons (Fsp3) is 0.476. The van der Waals surface area contributed by atoms with E-state index in [9.17, 15) is 4.79 Å². The van der Waals surface area contributed by atoms with Crippen molar-refractivity contribution in [3.63, 3.8) is 0 Å². The summed E-state index contributed by atoms with van der Waals surface area (Å²) in [5.74, 6) is 0.0378. The first kappa shape index (κ1) is 17.9. The molecule has 0 spiro atoms. The number of hydrogen-bond donors (Lipinski definition) is 1. The number of piperazine rings is 1. The van der Waals surface area contributed by atoms with Gasteiger partial charge in [-0.25, -0.2) is 0 Å². The van der Waals surface area contributed by atoms with Crippen LogP contribution in [0.3, 0.4) is 0 Å². The number of rotatable bonds is 7. The average Bonchev–Trinajstić information content (AvgIpc) is 2.65. The maximum absolute atomic E-state index is 12.4. The van der Waals surface area contributed by atoms with E-state index in [0.29, 0.717) is 0 Å². The minimum absolute atomic E-state index is 0.0378. The molecule has 25 heavy (non-hydrogen) atoms. The molecule has 0 atom stereocenters. The van der Waals surface area contributed by atoms with Crippen molar-refractivity contribution in [2.45, 2.75) is 19.3 Å². The Hall–Kier alpha value is -1.91. The average molecular weight is 339 g/mol. The molecule has 0 unspecified atom stereocenters. The van der Waals surface area contributed by atoms with Crippen LogP contribution < -0.4 is 5.32 Å². The molecular weight excluding hydrogens is 310 g/mol. The smallest absolute Gasteiger partial charge is 0.251 e. The van der Waals surface area contributed by atoms with Crippen molar-refractivity contribution in [1.82, 2.24) is 15.1 Å². The zero-order chi connectivity index (χ0) is 17.5. The van der Waals surface area contributed by atoms with E-state index in [0.717, 1.165) is 29.3 Å². The van der Waals surface area contributed by atoms with Crippen LogP contribution in [0.1, 0.15) is 29.6 Å². The molecule has 1 amide bonds. The number of nitrogens with zero attached hydrogens (tertiary/aromatic N) is 2. The number of benzene rings is 2. The molecule has 0 saturated carbocycles.